The molecule has 0 aliphatic heterocycles. The molecular formula is C29H38F3N3O5. The number of rotatable bonds is 13. The molecule has 1 unspecified atom stereocenters. The van der Waals surface area contributed by atoms with E-state index in [4.69, 9.17) is 4.74 Å². The molecule has 0 saturated carbocycles. The first kappa shape index (κ1) is 32.7. The minimum absolute atomic E-state index is 0.202. The van der Waals surface area contributed by atoms with Crippen molar-refractivity contribution in [2.75, 3.05) is 10.6 Å². The molecule has 2 rings (SSSR count). The maximum atomic E-state index is 13.5. The van der Waals surface area contributed by atoms with E-state index in [0.29, 0.717) is 43.2 Å². The first-order chi connectivity index (χ1) is 18.6. The van der Waals surface area contributed by atoms with E-state index in [2.05, 4.69) is 15.8 Å². The van der Waals surface area contributed by atoms with Crippen LogP contribution in [0.1, 0.15) is 79.2 Å². The number of nitroso groups, excluding NO2 is 1. The number of amides is 2. The van der Waals surface area contributed by atoms with Crippen LogP contribution in [0.5, 0.6) is 5.75 Å². The molecule has 0 heterocycles. The predicted molar refractivity (Wildman–Crippen MR) is 148 cm³/mol. The minimum atomic E-state index is -4.86. The SMILES string of the molecule is CCC(CC)(CC(CC)(CC)C(C)(O)C(=O)Nc1ccc(N=O)c(C(F)(F)F)c1)Oc1ccc(NC(C)=O)cc1. The van der Waals surface area contributed by atoms with E-state index in [1.807, 2.05) is 27.7 Å². The third-order valence-electron chi connectivity index (χ3n) is 7.94. The van der Waals surface area contributed by atoms with Crippen molar-refractivity contribution in [3.05, 3.63) is 52.9 Å². The van der Waals surface area contributed by atoms with E-state index >= 15 is 0 Å². The minimum Gasteiger partial charge on any atom is -0.487 e. The number of hydrogen-bond donors (Lipinski definition) is 3. The zero-order valence-electron chi connectivity index (χ0n) is 23.7. The van der Waals surface area contributed by atoms with Gasteiger partial charge < -0.3 is 20.5 Å². The number of carbonyl (C=O) groups is 2. The number of hydrogen-bond acceptors (Lipinski definition) is 6. The molecule has 0 bridgehead atoms. The molecular weight excluding hydrogens is 527 g/mol. The second kappa shape index (κ2) is 12.8. The summed E-state index contributed by atoms with van der Waals surface area (Å²) in [6.07, 6.45) is -2.74. The quantitative estimate of drug-likeness (QED) is 0.216. The number of nitrogens with zero attached hydrogens (tertiary/aromatic N) is 1. The summed E-state index contributed by atoms with van der Waals surface area (Å²) in [5.41, 5.74) is -5.51. The molecule has 8 nitrogen and oxygen atoms in total. The van der Waals surface area contributed by atoms with E-state index in [9.17, 15) is 32.8 Å². The third kappa shape index (κ3) is 7.18. The Bertz CT molecular complexity index is 1190. The van der Waals surface area contributed by atoms with Crippen LogP contribution in [0.15, 0.2) is 47.6 Å². The Kier molecular flexibility index (Phi) is 10.5. The molecule has 220 valence electrons. The van der Waals surface area contributed by atoms with Crippen LogP contribution < -0.4 is 15.4 Å². The molecule has 11 heteroatoms. The Morgan fingerprint density at radius 3 is 1.90 bits per heavy atom. The summed E-state index contributed by atoms with van der Waals surface area (Å²) in [4.78, 5) is 35.6. The number of anilines is 2. The molecule has 1 atom stereocenters. The molecule has 0 fully saturated rings. The van der Waals surface area contributed by atoms with Crippen LogP contribution in [0.4, 0.5) is 30.2 Å². The molecule has 2 aromatic rings. The second-order valence-electron chi connectivity index (χ2n) is 10.2. The average molecular weight is 566 g/mol. The topological polar surface area (TPSA) is 117 Å². The standard InChI is InChI=1S/C29H38F3N3O5/c1-7-27(8-2,18-28(9-3,10-4)40-22-14-11-20(12-15-22)33-19(5)36)26(6,38)25(37)34-21-13-16-24(35-39)23(17-21)29(30,31)32/h11-17,38H,7-10,18H2,1-6H3,(H,33,36)(H,34,37). The first-order valence-corrected chi connectivity index (χ1v) is 13.3. The number of carbonyl (C=O) groups excluding carboxylic acids is 2. The van der Waals surface area contributed by atoms with Gasteiger partial charge in [-0.25, -0.2) is 0 Å². The van der Waals surface area contributed by atoms with Crippen molar-refractivity contribution in [1.29, 1.82) is 0 Å². The zero-order chi connectivity index (χ0) is 30.4. The monoisotopic (exact) mass is 565 g/mol. The van der Waals surface area contributed by atoms with E-state index in [0.717, 1.165) is 12.1 Å². The molecule has 0 spiro atoms. The lowest BCUT2D eigenvalue weighted by atomic mass is 9.62. The number of ether oxygens (including phenoxy) is 1. The number of halogens is 3. The summed E-state index contributed by atoms with van der Waals surface area (Å²) in [7, 11) is 0. The Hall–Kier alpha value is -3.47. The van der Waals surface area contributed by atoms with Gasteiger partial charge in [-0.1, -0.05) is 27.7 Å². The summed E-state index contributed by atoms with van der Waals surface area (Å²) >= 11 is 0. The Labute approximate surface area is 232 Å². The summed E-state index contributed by atoms with van der Waals surface area (Å²) in [5, 5.41) is 19.2. The van der Waals surface area contributed by atoms with E-state index in [-0.39, 0.29) is 18.0 Å². The molecule has 3 N–H and O–H groups in total. The third-order valence-corrected chi connectivity index (χ3v) is 7.94. The van der Waals surface area contributed by atoms with E-state index in [1.165, 1.54) is 13.8 Å². The van der Waals surface area contributed by atoms with Gasteiger partial charge in [-0.15, -0.1) is 4.91 Å². The van der Waals surface area contributed by atoms with Gasteiger partial charge in [0.05, 0.1) is 5.56 Å². The smallest absolute Gasteiger partial charge is 0.418 e. The number of nitrogens with one attached hydrogen (secondary N) is 2. The maximum Gasteiger partial charge on any atom is 0.418 e. The van der Waals surface area contributed by atoms with E-state index in [1.54, 1.807) is 24.3 Å². The fourth-order valence-electron chi connectivity index (χ4n) is 5.13. The molecule has 40 heavy (non-hydrogen) atoms. The molecule has 2 amide bonds. The second-order valence-corrected chi connectivity index (χ2v) is 10.2. The highest BCUT2D eigenvalue weighted by molar-refractivity contribution is 5.97. The Balaban J connectivity index is 2.40. The molecule has 0 aliphatic carbocycles. The van der Waals surface area contributed by atoms with Crippen molar-refractivity contribution in [1.82, 2.24) is 0 Å². The van der Waals surface area contributed by atoms with Gasteiger partial charge in [0.1, 0.15) is 22.6 Å². The molecule has 0 radical (unpaired) electrons. The largest absolute Gasteiger partial charge is 0.487 e. The fourth-order valence-corrected chi connectivity index (χ4v) is 5.13. The highest BCUT2D eigenvalue weighted by Crippen LogP contribution is 2.48. The number of alkyl halides is 3. The summed E-state index contributed by atoms with van der Waals surface area (Å²) in [5.74, 6) is -0.532. The molecule has 2 aromatic carbocycles. The maximum absolute atomic E-state index is 13.5. The first-order valence-electron chi connectivity index (χ1n) is 13.3. The van der Waals surface area contributed by atoms with Crippen molar-refractivity contribution >= 4 is 28.9 Å². The average Bonchev–Trinajstić information content (AvgIpc) is 2.91. The summed E-state index contributed by atoms with van der Waals surface area (Å²) in [6.45, 7) is 10.3. The van der Waals surface area contributed by atoms with Gasteiger partial charge in [-0.05, 0) is 86.7 Å². The summed E-state index contributed by atoms with van der Waals surface area (Å²) < 4.78 is 46.7. The highest BCUT2D eigenvalue weighted by Gasteiger charge is 2.53. The van der Waals surface area contributed by atoms with Crippen molar-refractivity contribution in [3.8, 4) is 5.75 Å². The Morgan fingerprint density at radius 1 is 0.900 bits per heavy atom. The van der Waals surface area contributed by atoms with Crippen LogP contribution in [-0.4, -0.2) is 28.1 Å². The zero-order valence-corrected chi connectivity index (χ0v) is 23.7. The lowest BCUT2D eigenvalue weighted by Crippen LogP contribution is -2.57. The molecule has 0 aliphatic rings. The normalized spacial score (nSPS) is 13.8. The van der Waals surface area contributed by atoms with Gasteiger partial charge in [0.15, 0.2) is 0 Å². The van der Waals surface area contributed by atoms with Gasteiger partial charge in [-0.3, -0.25) is 9.59 Å². The van der Waals surface area contributed by atoms with Crippen molar-refractivity contribution < 1.29 is 32.6 Å². The molecule has 0 saturated heterocycles. The highest BCUT2D eigenvalue weighted by atomic mass is 19.4. The van der Waals surface area contributed by atoms with Gasteiger partial charge in [0.25, 0.3) is 5.91 Å². The number of aliphatic hydroxyl groups is 1. The van der Waals surface area contributed by atoms with Crippen molar-refractivity contribution in [2.45, 2.75) is 91.0 Å². The number of benzene rings is 2. The Morgan fingerprint density at radius 2 is 1.45 bits per heavy atom. The van der Waals surface area contributed by atoms with Crippen LogP contribution in [-0.2, 0) is 15.8 Å². The van der Waals surface area contributed by atoms with Crippen molar-refractivity contribution in [3.63, 3.8) is 0 Å². The van der Waals surface area contributed by atoms with E-state index < -0.39 is 40.0 Å². The van der Waals surface area contributed by atoms with Gasteiger partial charge in [-0.2, -0.15) is 13.2 Å². The van der Waals surface area contributed by atoms with Gasteiger partial charge >= 0.3 is 6.18 Å². The van der Waals surface area contributed by atoms with Gasteiger partial charge in [0.2, 0.25) is 5.91 Å². The molecule has 0 aromatic heterocycles. The predicted octanol–water partition coefficient (Wildman–Crippen LogP) is 7.59. The van der Waals surface area contributed by atoms with Crippen LogP contribution in [0.3, 0.4) is 0 Å². The van der Waals surface area contributed by atoms with Crippen molar-refractivity contribution in [2.24, 2.45) is 10.6 Å². The fraction of sp³-hybridized carbons (Fsp3) is 0.517. The summed E-state index contributed by atoms with van der Waals surface area (Å²) in [6, 6.07) is 9.51. The van der Waals surface area contributed by atoms with Crippen LogP contribution >= 0.6 is 0 Å². The van der Waals surface area contributed by atoms with Crippen LogP contribution in [0, 0.1) is 10.3 Å². The van der Waals surface area contributed by atoms with Crippen LogP contribution in [0.2, 0.25) is 0 Å². The van der Waals surface area contributed by atoms with Crippen LogP contribution in [0.25, 0.3) is 0 Å². The lowest BCUT2D eigenvalue weighted by molar-refractivity contribution is -0.157. The van der Waals surface area contributed by atoms with Gasteiger partial charge in [0, 0.05) is 23.7 Å². The lowest BCUT2D eigenvalue weighted by Gasteiger charge is -2.49.